The van der Waals surface area contributed by atoms with E-state index in [1.807, 2.05) is 6.92 Å². The Morgan fingerprint density at radius 3 is 2.00 bits per heavy atom. The summed E-state index contributed by atoms with van der Waals surface area (Å²) >= 11 is 1.64. The van der Waals surface area contributed by atoms with Crippen molar-refractivity contribution >= 4 is 16.8 Å². The number of thioether (sulfide) groups is 1. The number of rotatable bonds is 1. The molecule has 54 valence electrons. The highest BCUT2D eigenvalue weighted by Crippen LogP contribution is 2.24. The summed E-state index contributed by atoms with van der Waals surface area (Å²) in [7, 11) is 0. The molecule has 0 aromatic heterocycles. The van der Waals surface area contributed by atoms with Crippen LogP contribution in [-0.2, 0) is 0 Å². The predicted octanol–water partition coefficient (Wildman–Crippen LogP) is 2.91. The van der Waals surface area contributed by atoms with Crippen molar-refractivity contribution < 1.29 is 0 Å². The second-order valence-electron chi connectivity index (χ2n) is 2.99. The maximum atomic E-state index is 7.36. The van der Waals surface area contributed by atoms with E-state index in [0.717, 1.165) is 11.5 Å². The summed E-state index contributed by atoms with van der Waals surface area (Å²) in [6, 6.07) is 0. The van der Waals surface area contributed by atoms with E-state index in [0.29, 0.717) is 0 Å². The third-order valence-electron chi connectivity index (χ3n) is 0.751. The minimum Gasteiger partial charge on any atom is -0.298 e. The van der Waals surface area contributed by atoms with Crippen LogP contribution in [-0.4, -0.2) is 9.79 Å². The lowest BCUT2D eigenvalue weighted by atomic mass is 10.3. The van der Waals surface area contributed by atoms with Gasteiger partial charge in [0.25, 0.3) is 0 Å². The highest BCUT2D eigenvalue weighted by molar-refractivity contribution is 8.14. The minimum atomic E-state index is 0.215. The Bertz CT molecular complexity index is 102. The van der Waals surface area contributed by atoms with E-state index in [1.165, 1.54) is 0 Å². The van der Waals surface area contributed by atoms with Gasteiger partial charge in [0.1, 0.15) is 0 Å². The van der Waals surface area contributed by atoms with Crippen molar-refractivity contribution in [2.24, 2.45) is 0 Å². The van der Waals surface area contributed by atoms with Gasteiger partial charge < -0.3 is 0 Å². The van der Waals surface area contributed by atoms with Crippen LogP contribution in [0.5, 0.6) is 0 Å². The monoisotopic (exact) mass is 145 g/mol. The lowest BCUT2D eigenvalue weighted by Crippen LogP contribution is -2.10. The molecule has 9 heavy (non-hydrogen) atoms. The zero-order chi connectivity index (χ0) is 7.49. The Hall–Kier alpha value is 0.0200. The van der Waals surface area contributed by atoms with Crippen LogP contribution >= 0.6 is 11.8 Å². The molecule has 0 aromatic carbocycles. The van der Waals surface area contributed by atoms with Crippen LogP contribution in [0.25, 0.3) is 0 Å². The molecule has 1 N–H and O–H groups in total. The predicted molar refractivity (Wildman–Crippen MR) is 45.4 cm³/mol. The van der Waals surface area contributed by atoms with Crippen LogP contribution in [0.15, 0.2) is 0 Å². The molecule has 0 fully saturated rings. The maximum absolute atomic E-state index is 7.36. The molecule has 2 heteroatoms. The number of nitrogens with one attached hydrogen (secondary N) is 1. The average Bonchev–Trinajstić information content (AvgIpc) is 1.62. The van der Waals surface area contributed by atoms with Gasteiger partial charge in [-0.15, -0.1) is 11.8 Å². The van der Waals surface area contributed by atoms with E-state index in [4.69, 9.17) is 5.41 Å². The van der Waals surface area contributed by atoms with E-state index in [9.17, 15) is 0 Å². The summed E-state index contributed by atoms with van der Waals surface area (Å²) in [6.45, 7) is 8.40. The van der Waals surface area contributed by atoms with Gasteiger partial charge in [0.05, 0.1) is 5.04 Å². The molecule has 0 atom stereocenters. The van der Waals surface area contributed by atoms with Crippen molar-refractivity contribution in [3.63, 3.8) is 0 Å². The molecular weight excluding hydrogens is 130 g/mol. The summed E-state index contributed by atoms with van der Waals surface area (Å²) in [5.41, 5.74) is 0. The summed E-state index contributed by atoms with van der Waals surface area (Å²) in [4.78, 5) is 0. The van der Waals surface area contributed by atoms with Crippen LogP contribution in [0.1, 0.15) is 34.1 Å². The molecule has 0 heterocycles. The topological polar surface area (TPSA) is 23.9 Å². The summed E-state index contributed by atoms with van der Waals surface area (Å²) in [5.74, 6) is 0. The fourth-order valence-corrected chi connectivity index (χ4v) is 1.33. The Morgan fingerprint density at radius 1 is 1.44 bits per heavy atom. The van der Waals surface area contributed by atoms with Crippen LogP contribution in [0, 0.1) is 5.41 Å². The van der Waals surface area contributed by atoms with E-state index >= 15 is 0 Å². The van der Waals surface area contributed by atoms with Crippen LogP contribution in [0.3, 0.4) is 0 Å². The molecule has 0 saturated heterocycles. The minimum absolute atomic E-state index is 0.215. The Kier molecular flexibility index (Phi) is 3.26. The van der Waals surface area contributed by atoms with Gasteiger partial charge in [0.2, 0.25) is 0 Å². The Labute approximate surface area is 61.7 Å². The molecule has 0 spiro atoms. The first-order valence-electron chi connectivity index (χ1n) is 3.22. The Balaban J connectivity index is 3.60. The molecular formula is C7H15NS. The standard InChI is InChI=1S/C7H15NS/c1-5-6(8)9-7(2,3)4/h8H,5H2,1-4H3. The first kappa shape index (κ1) is 9.02. The summed E-state index contributed by atoms with van der Waals surface area (Å²) in [6.07, 6.45) is 0.863. The van der Waals surface area contributed by atoms with Crippen LogP contribution in [0.2, 0.25) is 0 Å². The third-order valence-corrected chi connectivity index (χ3v) is 1.90. The van der Waals surface area contributed by atoms with Gasteiger partial charge in [-0.2, -0.15) is 0 Å². The first-order chi connectivity index (χ1) is 3.95. The molecule has 0 aromatic rings. The molecule has 0 amide bonds. The first-order valence-corrected chi connectivity index (χ1v) is 4.04. The molecule has 0 aliphatic carbocycles. The van der Waals surface area contributed by atoms with Crippen LogP contribution < -0.4 is 0 Å². The molecule has 0 aliphatic heterocycles. The largest absolute Gasteiger partial charge is 0.298 e. The third kappa shape index (κ3) is 5.90. The van der Waals surface area contributed by atoms with E-state index in [1.54, 1.807) is 11.8 Å². The highest BCUT2D eigenvalue weighted by atomic mass is 32.2. The fourth-order valence-electron chi connectivity index (χ4n) is 0.442. The van der Waals surface area contributed by atoms with Gasteiger partial charge in [-0.05, 0) is 6.42 Å². The molecule has 0 saturated carbocycles. The van der Waals surface area contributed by atoms with Crippen molar-refractivity contribution in [2.45, 2.75) is 38.9 Å². The van der Waals surface area contributed by atoms with Crippen molar-refractivity contribution in [1.82, 2.24) is 0 Å². The highest BCUT2D eigenvalue weighted by Gasteiger charge is 2.12. The van der Waals surface area contributed by atoms with Gasteiger partial charge in [0.15, 0.2) is 0 Å². The zero-order valence-corrected chi connectivity index (χ0v) is 7.43. The Morgan fingerprint density at radius 2 is 1.89 bits per heavy atom. The van der Waals surface area contributed by atoms with Crippen molar-refractivity contribution in [1.29, 1.82) is 5.41 Å². The van der Waals surface area contributed by atoms with Gasteiger partial charge in [-0.1, -0.05) is 27.7 Å². The smallest absolute Gasteiger partial charge is 0.0643 e. The fraction of sp³-hybridized carbons (Fsp3) is 0.857. The van der Waals surface area contributed by atoms with Crippen molar-refractivity contribution in [3.8, 4) is 0 Å². The number of hydrogen-bond donors (Lipinski definition) is 1. The van der Waals surface area contributed by atoms with Gasteiger partial charge >= 0.3 is 0 Å². The van der Waals surface area contributed by atoms with E-state index in [2.05, 4.69) is 20.8 Å². The van der Waals surface area contributed by atoms with E-state index < -0.39 is 0 Å². The van der Waals surface area contributed by atoms with E-state index in [-0.39, 0.29) is 4.75 Å². The SMILES string of the molecule is CCC(=N)SC(C)(C)C. The molecule has 0 aliphatic rings. The van der Waals surface area contributed by atoms with Crippen molar-refractivity contribution in [2.75, 3.05) is 0 Å². The quantitative estimate of drug-likeness (QED) is 0.445. The summed E-state index contributed by atoms with van der Waals surface area (Å²) in [5, 5.41) is 8.14. The normalized spacial score (nSPS) is 11.6. The van der Waals surface area contributed by atoms with Gasteiger partial charge in [-0.25, -0.2) is 0 Å². The second-order valence-corrected chi connectivity index (χ2v) is 4.91. The second kappa shape index (κ2) is 3.25. The van der Waals surface area contributed by atoms with Gasteiger partial charge in [0, 0.05) is 4.75 Å². The van der Waals surface area contributed by atoms with Gasteiger partial charge in [-0.3, -0.25) is 5.41 Å². The van der Waals surface area contributed by atoms with Crippen molar-refractivity contribution in [3.05, 3.63) is 0 Å². The summed E-state index contributed by atoms with van der Waals surface area (Å²) < 4.78 is 0.215. The zero-order valence-electron chi connectivity index (χ0n) is 6.62. The lowest BCUT2D eigenvalue weighted by Gasteiger charge is -2.16. The van der Waals surface area contributed by atoms with Crippen LogP contribution in [0.4, 0.5) is 0 Å². The average molecular weight is 145 g/mol. The molecule has 0 radical (unpaired) electrons. The molecule has 0 bridgehead atoms. The molecule has 0 unspecified atom stereocenters. The molecule has 0 rings (SSSR count). The molecule has 1 nitrogen and oxygen atoms in total. The number of hydrogen-bond acceptors (Lipinski definition) is 2. The lowest BCUT2D eigenvalue weighted by molar-refractivity contribution is 0.808. The maximum Gasteiger partial charge on any atom is 0.0643 e.